The van der Waals surface area contributed by atoms with Gasteiger partial charge < -0.3 is 5.11 Å². The van der Waals surface area contributed by atoms with Crippen molar-refractivity contribution in [2.45, 2.75) is 44.8 Å². The van der Waals surface area contributed by atoms with E-state index in [-0.39, 0.29) is 5.69 Å². The molecule has 1 heterocycles. The zero-order valence-corrected chi connectivity index (χ0v) is 9.87. The Morgan fingerprint density at radius 1 is 1.65 bits per heavy atom. The average Bonchev–Trinajstić information content (AvgIpc) is 2.71. The molecular weight excluding hydrogens is 222 g/mol. The normalized spacial score (nSPS) is 29.2. The Hall–Kier alpha value is -1.43. The van der Waals surface area contributed by atoms with Crippen molar-refractivity contribution in [3.63, 3.8) is 0 Å². The molecule has 94 valence electrons. The number of aromatic nitrogens is 2. The summed E-state index contributed by atoms with van der Waals surface area (Å²) in [5, 5.41) is 24.8. The van der Waals surface area contributed by atoms with Crippen LogP contribution in [0.5, 0.6) is 0 Å². The van der Waals surface area contributed by atoms with E-state index >= 15 is 0 Å². The van der Waals surface area contributed by atoms with Gasteiger partial charge in [0.25, 0.3) is 0 Å². The van der Waals surface area contributed by atoms with E-state index in [1.807, 2.05) is 0 Å². The maximum absolute atomic E-state index is 10.5. The summed E-state index contributed by atoms with van der Waals surface area (Å²) in [6, 6.07) is 0. The van der Waals surface area contributed by atoms with E-state index in [1.54, 1.807) is 0 Å². The molecule has 1 saturated carbocycles. The first-order valence-electron chi connectivity index (χ1n) is 5.88. The van der Waals surface area contributed by atoms with Crippen LogP contribution >= 0.6 is 0 Å². The highest BCUT2D eigenvalue weighted by Crippen LogP contribution is 2.32. The van der Waals surface area contributed by atoms with Crippen LogP contribution in [0.3, 0.4) is 0 Å². The Morgan fingerprint density at radius 2 is 2.29 bits per heavy atom. The molecule has 0 atom stereocenters. The van der Waals surface area contributed by atoms with Crippen molar-refractivity contribution < 1.29 is 10.0 Å². The zero-order chi connectivity index (χ0) is 12.5. The summed E-state index contributed by atoms with van der Waals surface area (Å²) < 4.78 is 1.47. The van der Waals surface area contributed by atoms with Gasteiger partial charge in [0, 0.05) is 0 Å². The predicted molar refractivity (Wildman–Crippen MR) is 61.5 cm³/mol. The topological polar surface area (TPSA) is 81.2 Å². The van der Waals surface area contributed by atoms with Gasteiger partial charge in [0.2, 0.25) is 0 Å². The van der Waals surface area contributed by atoms with Gasteiger partial charge in [-0.05, 0) is 31.6 Å². The van der Waals surface area contributed by atoms with Crippen molar-refractivity contribution >= 4 is 5.69 Å². The van der Waals surface area contributed by atoms with Crippen LogP contribution in [0.2, 0.25) is 0 Å². The molecular formula is C11H17N3O3. The molecule has 0 amide bonds. The SMILES string of the molecule is CC1CCC(O)(Cn2cc([N+](=O)[O-])cn2)CC1. The summed E-state index contributed by atoms with van der Waals surface area (Å²) in [7, 11) is 0. The third kappa shape index (κ3) is 2.82. The van der Waals surface area contributed by atoms with Gasteiger partial charge in [0.05, 0.1) is 17.1 Å². The molecule has 0 bridgehead atoms. The quantitative estimate of drug-likeness (QED) is 0.643. The molecule has 0 aliphatic heterocycles. The fourth-order valence-corrected chi connectivity index (χ4v) is 2.29. The molecule has 0 saturated heterocycles. The van der Waals surface area contributed by atoms with Gasteiger partial charge in [-0.3, -0.25) is 14.8 Å². The lowest BCUT2D eigenvalue weighted by atomic mass is 9.79. The molecule has 6 heteroatoms. The number of aliphatic hydroxyl groups is 1. The molecule has 1 aromatic heterocycles. The molecule has 17 heavy (non-hydrogen) atoms. The van der Waals surface area contributed by atoms with Crippen LogP contribution in [0.4, 0.5) is 5.69 Å². The van der Waals surface area contributed by atoms with Crippen molar-refractivity contribution in [2.75, 3.05) is 0 Å². The smallest absolute Gasteiger partial charge is 0.306 e. The summed E-state index contributed by atoms with van der Waals surface area (Å²) in [4.78, 5) is 10.0. The maximum Gasteiger partial charge on any atom is 0.306 e. The molecule has 0 radical (unpaired) electrons. The Labute approximate surface area is 99.4 Å². The fraction of sp³-hybridized carbons (Fsp3) is 0.727. The van der Waals surface area contributed by atoms with Crippen LogP contribution in [0, 0.1) is 16.0 Å². The number of hydrogen-bond donors (Lipinski definition) is 1. The Bertz CT molecular complexity index is 408. The van der Waals surface area contributed by atoms with Gasteiger partial charge in [-0.15, -0.1) is 0 Å². The summed E-state index contributed by atoms with van der Waals surface area (Å²) in [6.07, 6.45) is 6.06. The minimum Gasteiger partial charge on any atom is -0.388 e. The van der Waals surface area contributed by atoms with Gasteiger partial charge in [-0.25, -0.2) is 0 Å². The zero-order valence-electron chi connectivity index (χ0n) is 9.87. The minimum absolute atomic E-state index is 0.0298. The van der Waals surface area contributed by atoms with Crippen LogP contribution in [0.25, 0.3) is 0 Å². The van der Waals surface area contributed by atoms with Crippen molar-refractivity contribution in [2.24, 2.45) is 5.92 Å². The van der Waals surface area contributed by atoms with E-state index in [2.05, 4.69) is 12.0 Å². The van der Waals surface area contributed by atoms with Crippen molar-refractivity contribution in [3.8, 4) is 0 Å². The molecule has 0 spiro atoms. The van der Waals surface area contributed by atoms with Gasteiger partial charge in [-0.1, -0.05) is 6.92 Å². The number of rotatable bonds is 3. The van der Waals surface area contributed by atoms with Crippen molar-refractivity contribution in [1.29, 1.82) is 0 Å². The van der Waals surface area contributed by atoms with E-state index in [1.165, 1.54) is 17.1 Å². The first-order valence-corrected chi connectivity index (χ1v) is 5.88. The van der Waals surface area contributed by atoms with Crippen LogP contribution in [-0.2, 0) is 6.54 Å². The lowest BCUT2D eigenvalue weighted by Gasteiger charge is -2.34. The standard InChI is InChI=1S/C11H17N3O3/c1-9-2-4-11(15,5-3-9)8-13-7-10(6-12-13)14(16)17/h6-7,9,15H,2-5,8H2,1H3. The highest BCUT2D eigenvalue weighted by molar-refractivity contribution is 5.20. The first kappa shape index (κ1) is 12.0. The van der Waals surface area contributed by atoms with Crippen molar-refractivity contribution in [1.82, 2.24) is 9.78 Å². The molecule has 1 aliphatic rings. The minimum atomic E-state index is -0.758. The van der Waals surface area contributed by atoms with Crippen LogP contribution < -0.4 is 0 Å². The Morgan fingerprint density at radius 3 is 2.82 bits per heavy atom. The second-order valence-electron chi connectivity index (χ2n) is 5.06. The monoisotopic (exact) mass is 239 g/mol. The molecule has 2 rings (SSSR count). The molecule has 1 fully saturated rings. The van der Waals surface area contributed by atoms with Gasteiger partial charge in [0.1, 0.15) is 12.4 Å². The lowest BCUT2D eigenvalue weighted by molar-refractivity contribution is -0.385. The van der Waals surface area contributed by atoms with E-state index in [0.29, 0.717) is 12.5 Å². The summed E-state index contributed by atoms with van der Waals surface area (Å²) >= 11 is 0. The third-order valence-corrected chi connectivity index (χ3v) is 3.49. The van der Waals surface area contributed by atoms with E-state index in [9.17, 15) is 15.2 Å². The number of hydrogen-bond acceptors (Lipinski definition) is 4. The Balaban J connectivity index is 2.02. The molecule has 0 unspecified atom stereocenters. The third-order valence-electron chi connectivity index (χ3n) is 3.49. The Kier molecular flexibility index (Phi) is 3.15. The number of nitrogens with zero attached hydrogens (tertiary/aromatic N) is 3. The summed E-state index contributed by atoms with van der Waals surface area (Å²) in [5.41, 5.74) is -0.787. The lowest BCUT2D eigenvalue weighted by Crippen LogP contribution is -2.38. The average molecular weight is 239 g/mol. The van der Waals surface area contributed by atoms with Crippen molar-refractivity contribution in [3.05, 3.63) is 22.5 Å². The summed E-state index contributed by atoms with van der Waals surface area (Å²) in [5.74, 6) is 0.655. The predicted octanol–water partition coefficient (Wildman–Crippen LogP) is 1.73. The van der Waals surface area contributed by atoms with E-state index < -0.39 is 10.5 Å². The fourth-order valence-electron chi connectivity index (χ4n) is 2.29. The summed E-state index contributed by atoms with van der Waals surface area (Å²) in [6.45, 7) is 2.52. The highest BCUT2D eigenvalue weighted by Gasteiger charge is 2.32. The first-order chi connectivity index (χ1) is 7.98. The van der Waals surface area contributed by atoms with Gasteiger partial charge in [-0.2, -0.15) is 5.10 Å². The number of nitro groups is 1. The molecule has 1 aliphatic carbocycles. The van der Waals surface area contributed by atoms with Gasteiger partial charge >= 0.3 is 5.69 Å². The van der Waals surface area contributed by atoms with Crippen LogP contribution in [0.1, 0.15) is 32.6 Å². The van der Waals surface area contributed by atoms with Crippen LogP contribution in [-0.4, -0.2) is 25.4 Å². The molecule has 1 N–H and O–H groups in total. The maximum atomic E-state index is 10.5. The largest absolute Gasteiger partial charge is 0.388 e. The van der Waals surface area contributed by atoms with E-state index in [0.717, 1.165) is 25.7 Å². The molecule has 6 nitrogen and oxygen atoms in total. The van der Waals surface area contributed by atoms with E-state index in [4.69, 9.17) is 0 Å². The highest BCUT2D eigenvalue weighted by atomic mass is 16.6. The second kappa shape index (κ2) is 4.44. The molecule has 1 aromatic rings. The van der Waals surface area contributed by atoms with Gasteiger partial charge in [0.15, 0.2) is 0 Å². The van der Waals surface area contributed by atoms with Crippen LogP contribution in [0.15, 0.2) is 12.4 Å². The second-order valence-corrected chi connectivity index (χ2v) is 5.06. The molecule has 0 aromatic carbocycles.